The van der Waals surface area contributed by atoms with Gasteiger partial charge in [0.05, 0.1) is 19.6 Å². The van der Waals surface area contributed by atoms with Crippen LogP contribution in [0.4, 0.5) is 4.79 Å². The molecule has 3 aliphatic rings. The molecule has 2 saturated heterocycles. The van der Waals surface area contributed by atoms with Crippen molar-refractivity contribution >= 4 is 23.7 Å². The molecule has 9 heteroatoms. The van der Waals surface area contributed by atoms with Crippen LogP contribution < -0.4 is 4.74 Å². The predicted molar refractivity (Wildman–Crippen MR) is 125 cm³/mol. The number of urea groups is 1. The first-order valence-electron chi connectivity index (χ1n) is 11.6. The molecule has 33 heavy (non-hydrogen) atoms. The van der Waals surface area contributed by atoms with E-state index < -0.39 is 18.2 Å². The fourth-order valence-electron chi connectivity index (χ4n) is 4.51. The van der Waals surface area contributed by atoms with Gasteiger partial charge in [-0.2, -0.15) is 0 Å². The zero-order valence-electron chi connectivity index (χ0n) is 20.1. The third-order valence-corrected chi connectivity index (χ3v) is 6.90. The lowest BCUT2D eigenvalue weighted by Gasteiger charge is -2.33. The Kier molecular flexibility index (Phi) is 6.43. The molecule has 2 unspecified atom stereocenters. The van der Waals surface area contributed by atoms with Gasteiger partial charge in [0.2, 0.25) is 11.9 Å². The monoisotopic (exact) mass is 456 g/mol. The molecule has 4 rings (SSSR count). The van der Waals surface area contributed by atoms with Crippen molar-refractivity contribution in [3.63, 3.8) is 0 Å². The van der Waals surface area contributed by atoms with E-state index >= 15 is 0 Å². The molecule has 9 nitrogen and oxygen atoms in total. The summed E-state index contributed by atoms with van der Waals surface area (Å²) in [7, 11) is 3.12. The van der Waals surface area contributed by atoms with Gasteiger partial charge in [-0.3, -0.25) is 19.2 Å². The minimum Gasteiger partial charge on any atom is -0.491 e. The Hall–Kier alpha value is -2.94. The number of piperidine rings is 1. The number of amidine groups is 1. The Morgan fingerprint density at radius 2 is 1.85 bits per heavy atom. The number of carbonyl (C=O) groups is 2. The third kappa shape index (κ3) is 4.46. The Bertz CT molecular complexity index is 1010. The molecule has 3 heterocycles. The van der Waals surface area contributed by atoms with E-state index in [4.69, 9.17) is 9.73 Å². The summed E-state index contributed by atoms with van der Waals surface area (Å²) in [6.45, 7) is 8.21. The normalized spacial score (nSPS) is 24.3. The molecule has 1 N–H and O–H groups in total. The number of aliphatic imine (C=N–C) groups is 1. The van der Waals surface area contributed by atoms with E-state index in [1.54, 1.807) is 7.05 Å². The van der Waals surface area contributed by atoms with Crippen LogP contribution in [0.3, 0.4) is 0 Å². The van der Waals surface area contributed by atoms with Gasteiger partial charge in [0.25, 0.3) is 5.91 Å². The summed E-state index contributed by atoms with van der Waals surface area (Å²) in [6.07, 6.45) is 1.22. The van der Waals surface area contributed by atoms with Crippen LogP contribution in [0, 0.1) is 19.8 Å². The van der Waals surface area contributed by atoms with E-state index in [2.05, 4.69) is 11.5 Å². The molecule has 0 radical (unpaired) electrons. The van der Waals surface area contributed by atoms with Crippen molar-refractivity contribution in [3.8, 4) is 5.75 Å². The number of amides is 3. The van der Waals surface area contributed by atoms with E-state index in [9.17, 15) is 14.7 Å². The van der Waals surface area contributed by atoms with Gasteiger partial charge >= 0.3 is 12.0 Å². The highest BCUT2D eigenvalue weighted by molar-refractivity contribution is 6.25. The number of hydrogen-bond acceptors (Lipinski definition) is 4. The molecule has 0 bridgehead atoms. The number of nitrogens with zero attached hydrogens (tertiary/aromatic N) is 5. The molecule has 178 valence electrons. The number of rotatable bonds is 5. The number of aliphatic hydroxyl groups excluding tert-OH is 1. The quantitative estimate of drug-likeness (QED) is 0.678. The SMILES string of the molecule is Cc1ccc(OCC(O)CN2C(=[N+]3CCC(C)CC3)N=C3C2C(=O)N(C)C(=O)N3C)cc1C. The lowest BCUT2D eigenvalue weighted by atomic mass is 10.0. The molecule has 0 aromatic heterocycles. The van der Waals surface area contributed by atoms with Crippen molar-refractivity contribution < 1.29 is 24.0 Å². The maximum atomic E-state index is 13.1. The Morgan fingerprint density at radius 1 is 1.15 bits per heavy atom. The van der Waals surface area contributed by atoms with Crippen LogP contribution in [-0.4, -0.2) is 101 Å². The number of likely N-dealkylation sites (N-methyl/N-ethyl adjacent to an activating group) is 2. The van der Waals surface area contributed by atoms with Crippen LogP contribution in [0.2, 0.25) is 0 Å². The Balaban J connectivity index is 1.56. The molecule has 0 spiro atoms. The van der Waals surface area contributed by atoms with Crippen molar-refractivity contribution in [3.05, 3.63) is 29.3 Å². The fourth-order valence-corrected chi connectivity index (χ4v) is 4.51. The minimum atomic E-state index is -0.846. The average Bonchev–Trinajstić information content (AvgIpc) is 3.16. The third-order valence-electron chi connectivity index (χ3n) is 6.90. The summed E-state index contributed by atoms with van der Waals surface area (Å²) in [5, 5.41) is 10.9. The molecular formula is C24H34N5O4+. The lowest BCUT2D eigenvalue weighted by Crippen LogP contribution is -2.63. The first kappa shape index (κ1) is 23.2. The molecular weight excluding hydrogens is 422 g/mol. The Labute approximate surface area is 194 Å². The number of guanidine groups is 1. The van der Waals surface area contributed by atoms with Crippen LogP contribution in [-0.2, 0) is 4.79 Å². The molecule has 3 amide bonds. The minimum absolute atomic E-state index is 0.0875. The zero-order chi connectivity index (χ0) is 23.9. The van der Waals surface area contributed by atoms with Gasteiger partial charge in [0, 0.05) is 14.1 Å². The number of hydrogen-bond donors (Lipinski definition) is 1. The highest BCUT2D eigenvalue weighted by atomic mass is 16.5. The second-order valence-corrected chi connectivity index (χ2v) is 9.44. The number of ether oxygens (including phenoxy) is 1. The van der Waals surface area contributed by atoms with Gasteiger partial charge in [0.1, 0.15) is 18.5 Å². The van der Waals surface area contributed by atoms with E-state index in [1.807, 2.05) is 36.9 Å². The molecule has 2 atom stereocenters. The van der Waals surface area contributed by atoms with Crippen molar-refractivity contribution in [2.75, 3.05) is 40.3 Å². The fraction of sp³-hybridized carbons (Fsp3) is 0.583. The number of carbonyl (C=O) groups excluding carboxylic acids is 2. The highest BCUT2D eigenvalue weighted by Crippen LogP contribution is 2.25. The maximum absolute atomic E-state index is 13.1. The van der Waals surface area contributed by atoms with Crippen LogP contribution in [0.15, 0.2) is 23.2 Å². The van der Waals surface area contributed by atoms with Gasteiger partial charge in [-0.05, 0) is 55.9 Å². The van der Waals surface area contributed by atoms with Crippen molar-refractivity contribution in [1.82, 2.24) is 14.7 Å². The van der Waals surface area contributed by atoms with Gasteiger partial charge in [-0.1, -0.05) is 18.0 Å². The summed E-state index contributed by atoms with van der Waals surface area (Å²) in [6, 6.07) is 4.69. The Morgan fingerprint density at radius 3 is 2.52 bits per heavy atom. The van der Waals surface area contributed by atoms with E-state index in [-0.39, 0.29) is 19.1 Å². The zero-order valence-corrected chi connectivity index (χ0v) is 20.1. The van der Waals surface area contributed by atoms with E-state index in [1.165, 1.54) is 17.5 Å². The van der Waals surface area contributed by atoms with Crippen molar-refractivity contribution in [2.24, 2.45) is 10.9 Å². The molecule has 0 aliphatic carbocycles. The number of benzene rings is 1. The number of aryl methyl sites for hydroxylation is 2. The summed E-state index contributed by atoms with van der Waals surface area (Å²) in [5.74, 6) is 2.07. The molecule has 1 aromatic rings. The summed E-state index contributed by atoms with van der Waals surface area (Å²) in [4.78, 5) is 34.7. The van der Waals surface area contributed by atoms with E-state index in [0.29, 0.717) is 23.5 Å². The number of aliphatic hydroxyl groups is 1. The predicted octanol–water partition coefficient (Wildman–Crippen LogP) is 1.45. The van der Waals surface area contributed by atoms with Crippen molar-refractivity contribution in [2.45, 2.75) is 45.8 Å². The molecule has 1 aromatic carbocycles. The molecule has 2 fully saturated rings. The van der Waals surface area contributed by atoms with Crippen LogP contribution in [0.25, 0.3) is 0 Å². The topological polar surface area (TPSA) is 88.7 Å². The standard InChI is InChI=1S/C24H34N5O4/c1-15-8-10-28(11-9-15)23-25-21-20(22(31)27(5)24(32)26(21)4)29(23)13-18(30)14-33-19-7-6-16(2)17(3)12-19/h6-7,12,15,18,20,30H,8-11,13-14H2,1-5H3/q+1. The molecule has 3 aliphatic heterocycles. The van der Waals surface area contributed by atoms with E-state index in [0.717, 1.165) is 36.4 Å². The first-order chi connectivity index (χ1) is 15.7. The lowest BCUT2D eigenvalue weighted by molar-refractivity contribution is -0.545. The van der Waals surface area contributed by atoms with Crippen LogP contribution in [0.5, 0.6) is 5.75 Å². The van der Waals surface area contributed by atoms with Gasteiger partial charge in [0.15, 0.2) is 0 Å². The second kappa shape index (κ2) is 9.13. The number of fused-ring (bicyclic) bond motifs is 1. The smallest absolute Gasteiger partial charge is 0.392 e. The first-order valence-corrected chi connectivity index (χ1v) is 11.6. The number of β-amino-alcohol motifs (C(OH)–C–C–N with tert-alkyl or cyclic N) is 1. The summed E-state index contributed by atoms with van der Waals surface area (Å²) in [5.41, 5.74) is 2.30. The maximum Gasteiger partial charge on any atom is 0.392 e. The number of imide groups is 1. The average molecular weight is 457 g/mol. The van der Waals surface area contributed by atoms with Gasteiger partial charge in [-0.15, -0.1) is 0 Å². The summed E-state index contributed by atoms with van der Waals surface area (Å²) >= 11 is 0. The van der Waals surface area contributed by atoms with Crippen LogP contribution >= 0.6 is 0 Å². The largest absolute Gasteiger partial charge is 0.491 e. The van der Waals surface area contributed by atoms with Crippen LogP contribution in [0.1, 0.15) is 30.9 Å². The van der Waals surface area contributed by atoms with Gasteiger partial charge in [-0.25, -0.2) is 9.69 Å². The van der Waals surface area contributed by atoms with Crippen molar-refractivity contribution in [1.29, 1.82) is 0 Å². The highest BCUT2D eigenvalue weighted by Gasteiger charge is 2.55. The summed E-state index contributed by atoms with van der Waals surface area (Å²) < 4.78 is 7.99. The molecule has 0 saturated carbocycles. The second-order valence-electron chi connectivity index (χ2n) is 9.44. The van der Waals surface area contributed by atoms with Gasteiger partial charge < -0.3 is 9.84 Å².